The Kier molecular flexibility index (Phi) is 2.13. The molecule has 0 heterocycles. The standard InChI is InChI=1S/C11H15N.H2/c1-2-12-11-8-7-9-5-3-4-6-10(9)11;/h3-6,11-12H,2,7-8H2,1H3;1H/t11-;/m1./s1. The van der Waals surface area contributed by atoms with Gasteiger partial charge in [0.1, 0.15) is 0 Å². The first-order valence-corrected chi connectivity index (χ1v) is 4.73. The molecule has 0 amide bonds. The number of aryl methyl sites for hydroxylation is 1. The summed E-state index contributed by atoms with van der Waals surface area (Å²) >= 11 is 0. The van der Waals surface area contributed by atoms with Crippen LogP contribution >= 0.6 is 0 Å². The van der Waals surface area contributed by atoms with Gasteiger partial charge in [-0.25, -0.2) is 0 Å². The quantitative estimate of drug-likeness (QED) is 0.706. The summed E-state index contributed by atoms with van der Waals surface area (Å²) in [6.45, 7) is 3.24. The Bertz CT molecular complexity index is 271. The third kappa shape index (κ3) is 1.25. The fourth-order valence-electron chi connectivity index (χ4n) is 2.02. The number of hydrogen-bond acceptors (Lipinski definition) is 1. The van der Waals surface area contributed by atoms with Gasteiger partial charge in [-0.1, -0.05) is 31.2 Å². The summed E-state index contributed by atoms with van der Waals surface area (Å²) in [5.41, 5.74) is 3.04. The average molecular weight is 163 g/mol. The maximum Gasteiger partial charge on any atom is 0.0326 e. The summed E-state index contributed by atoms with van der Waals surface area (Å²) in [5, 5.41) is 3.50. The van der Waals surface area contributed by atoms with Crippen molar-refractivity contribution in [2.24, 2.45) is 0 Å². The molecule has 1 aromatic rings. The third-order valence-corrected chi connectivity index (χ3v) is 2.58. The normalized spacial score (nSPS) is 20.9. The number of nitrogens with one attached hydrogen (secondary N) is 1. The molecule has 1 heteroatoms. The van der Waals surface area contributed by atoms with Gasteiger partial charge in [0, 0.05) is 7.47 Å². The van der Waals surface area contributed by atoms with E-state index in [-0.39, 0.29) is 1.43 Å². The maximum absolute atomic E-state index is 3.50. The Balaban J connectivity index is 0.000000845. The van der Waals surface area contributed by atoms with Crippen LogP contribution in [0, 0.1) is 0 Å². The van der Waals surface area contributed by atoms with E-state index < -0.39 is 0 Å². The van der Waals surface area contributed by atoms with Gasteiger partial charge in [0.2, 0.25) is 0 Å². The molecule has 0 radical (unpaired) electrons. The summed E-state index contributed by atoms with van der Waals surface area (Å²) < 4.78 is 0. The van der Waals surface area contributed by atoms with E-state index in [0.29, 0.717) is 6.04 Å². The zero-order chi connectivity index (χ0) is 8.39. The minimum atomic E-state index is 0. The van der Waals surface area contributed by atoms with Gasteiger partial charge in [-0.05, 0) is 30.5 Å². The fourth-order valence-corrected chi connectivity index (χ4v) is 2.02. The number of rotatable bonds is 2. The average Bonchev–Trinajstić information content (AvgIpc) is 2.50. The molecule has 0 aliphatic heterocycles. The van der Waals surface area contributed by atoms with Crippen molar-refractivity contribution in [3.8, 4) is 0 Å². The Morgan fingerprint density at radius 1 is 1.50 bits per heavy atom. The Morgan fingerprint density at radius 2 is 2.33 bits per heavy atom. The zero-order valence-corrected chi connectivity index (χ0v) is 7.51. The largest absolute Gasteiger partial charge is 0.310 e. The first-order valence-electron chi connectivity index (χ1n) is 4.73. The van der Waals surface area contributed by atoms with Crippen LogP contribution in [-0.2, 0) is 6.42 Å². The fraction of sp³-hybridized carbons (Fsp3) is 0.455. The lowest BCUT2D eigenvalue weighted by molar-refractivity contribution is 0.549. The predicted molar refractivity (Wildman–Crippen MR) is 53.3 cm³/mol. The smallest absolute Gasteiger partial charge is 0.0326 e. The van der Waals surface area contributed by atoms with Crippen molar-refractivity contribution < 1.29 is 1.43 Å². The van der Waals surface area contributed by atoms with Gasteiger partial charge in [-0.3, -0.25) is 0 Å². The molecule has 0 unspecified atom stereocenters. The van der Waals surface area contributed by atoms with Gasteiger partial charge >= 0.3 is 0 Å². The SMILES string of the molecule is CCN[C@@H]1CCc2ccccc21.[HH]. The van der Waals surface area contributed by atoms with Gasteiger partial charge in [-0.2, -0.15) is 0 Å². The Hall–Kier alpha value is -0.820. The third-order valence-electron chi connectivity index (χ3n) is 2.58. The van der Waals surface area contributed by atoms with E-state index in [9.17, 15) is 0 Å². The highest BCUT2D eigenvalue weighted by Gasteiger charge is 2.19. The summed E-state index contributed by atoms with van der Waals surface area (Å²) in [7, 11) is 0. The van der Waals surface area contributed by atoms with Crippen molar-refractivity contribution in [2.45, 2.75) is 25.8 Å². The second-order valence-electron chi connectivity index (χ2n) is 3.35. The minimum absolute atomic E-state index is 0. The lowest BCUT2D eigenvalue weighted by Crippen LogP contribution is -2.18. The minimum Gasteiger partial charge on any atom is -0.310 e. The van der Waals surface area contributed by atoms with Crippen LogP contribution in [0.25, 0.3) is 0 Å². The number of benzene rings is 1. The molecule has 0 bridgehead atoms. The molecule has 1 atom stereocenters. The molecule has 1 aliphatic carbocycles. The molecule has 1 nitrogen and oxygen atoms in total. The molecule has 0 saturated carbocycles. The number of fused-ring (bicyclic) bond motifs is 1. The summed E-state index contributed by atoms with van der Waals surface area (Å²) in [5.74, 6) is 0. The highest BCUT2D eigenvalue weighted by Crippen LogP contribution is 2.30. The van der Waals surface area contributed by atoms with Gasteiger partial charge in [-0.15, -0.1) is 0 Å². The molecule has 0 fully saturated rings. The van der Waals surface area contributed by atoms with Crippen LogP contribution in [0.2, 0.25) is 0 Å². The topological polar surface area (TPSA) is 12.0 Å². The van der Waals surface area contributed by atoms with Gasteiger partial charge < -0.3 is 5.32 Å². The molecule has 1 N–H and O–H groups in total. The molecule has 66 valence electrons. The van der Waals surface area contributed by atoms with Crippen molar-refractivity contribution in [1.29, 1.82) is 0 Å². The predicted octanol–water partition coefficient (Wildman–Crippen LogP) is 2.53. The molecule has 1 aliphatic rings. The monoisotopic (exact) mass is 163 g/mol. The van der Waals surface area contributed by atoms with Gasteiger partial charge in [0.05, 0.1) is 0 Å². The molecule has 1 aromatic carbocycles. The van der Waals surface area contributed by atoms with Crippen LogP contribution in [0.15, 0.2) is 24.3 Å². The second-order valence-corrected chi connectivity index (χ2v) is 3.35. The van der Waals surface area contributed by atoms with Crippen molar-refractivity contribution in [3.63, 3.8) is 0 Å². The molecule has 0 saturated heterocycles. The molecule has 0 aromatic heterocycles. The van der Waals surface area contributed by atoms with E-state index >= 15 is 0 Å². The molecule has 2 rings (SSSR count). The Morgan fingerprint density at radius 3 is 3.17 bits per heavy atom. The van der Waals surface area contributed by atoms with Crippen molar-refractivity contribution in [1.82, 2.24) is 5.32 Å². The van der Waals surface area contributed by atoms with Crippen LogP contribution in [0.5, 0.6) is 0 Å². The van der Waals surface area contributed by atoms with Gasteiger partial charge in [0.25, 0.3) is 0 Å². The Labute approximate surface area is 75.3 Å². The lowest BCUT2D eigenvalue weighted by Gasteiger charge is -2.11. The van der Waals surface area contributed by atoms with E-state index in [1.807, 2.05) is 0 Å². The summed E-state index contributed by atoms with van der Waals surface area (Å²) in [4.78, 5) is 0. The van der Waals surface area contributed by atoms with E-state index in [2.05, 4.69) is 36.5 Å². The van der Waals surface area contributed by atoms with Crippen molar-refractivity contribution >= 4 is 0 Å². The van der Waals surface area contributed by atoms with E-state index in [0.717, 1.165) is 6.54 Å². The molecule has 12 heavy (non-hydrogen) atoms. The van der Waals surface area contributed by atoms with Gasteiger partial charge in [0.15, 0.2) is 0 Å². The highest BCUT2D eigenvalue weighted by molar-refractivity contribution is 5.34. The highest BCUT2D eigenvalue weighted by atomic mass is 14.9. The van der Waals surface area contributed by atoms with Crippen LogP contribution in [0.3, 0.4) is 0 Å². The lowest BCUT2D eigenvalue weighted by atomic mass is 10.1. The van der Waals surface area contributed by atoms with Crippen LogP contribution in [-0.4, -0.2) is 6.54 Å². The van der Waals surface area contributed by atoms with Crippen LogP contribution in [0.1, 0.15) is 31.9 Å². The van der Waals surface area contributed by atoms with Crippen LogP contribution in [0.4, 0.5) is 0 Å². The van der Waals surface area contributed by atoms with Crippen LogP contribution < -0.4 is 5.32 Å². The second kappa shape index (κ2) is 3.28. The molecular weight excluding hydrogens is 146 g/mol. The van der Waals surface area contributed by atoms with E-state index in [4.69, 9.17) is 0 Å². The number of hydrogen-bond donors (Lipinski definition) is 1. The van der Waals surface area contributed by atoms with Crippen molar-refractivity contribution in [2.75, 3.05) is 6.54 Å². The first-order chi connectivity index (χ1) is 5.92. The first kappa shape index (κ1) is 7.81. The molecular formula is C11H17N. The maximum atomic E-state index is 3.50. The summed E-state index contributed by atoms with van der Waals surface area (Å²) in [6.07, 6.45) is 2.51. The van der Waals surface area contributed by atoms with E-state index in [1.165, 1.54) is 24.0 Å². The van der Waals surface area contributed by atoms with Crippen molar-refractivity contribution in [3.05, 3.63) is 35.4 Å². The zero-order valence-electron chi connectivity index (χ0n) is 7.51. The summed E-state index contributed by atoms with van der Waals surface area (Å²) in [6, 6.07) is 9.37. The molecule has 0 spiro atoms. The van der Waals surface area contributed by atoms with E-state index in [1.54, 1.807) is 0 Å².